The Labute approximate surface area is 726 Å². The lowest BCUT2D eigenvalue weighted by Crippen LogP contribution is -2.73. The van der Waals surface area contributed by atoms with E-state index in [0.29, 0.717) is 6.92 Å². The van der Waals surface area contributed by atoms with E-state index in [0.717, 1.165) is 20.8 Å². The van der Waals surface area contributed by atoms with Crippen LogP contribution in [-0.2, 0) is 114 Å². The molecule has 0 aromatic heterocycles. The second-order valence-corrected chi connectivity index (χ2v) is 31.8. The zero-order valence-electron chi connectivity index (χ0n) is 68.5. The fourth-order valence-electron chi connectivity index (χ4n) is 16.2. The molecule has 0 radical (unpaired) electrons. The molecule has 742 valence electrons. The van der Waals surface area contributed by atoms with Crippen LogP contribution in [0.25, 0.3) is 0 Å². The first kappa shape index (κ1) is 108. The van der Waals surface area contributed by atoms with Gasteiger partial charge in [0.05, 0.1) is 101 Å². The van der Waals surface area contributed by atoms with Gasteiger partial charge in [0.15, 0.2) is 25.2 Å². The monoisotopic (exact) mass is 1890 g/mol. The average Bonchev–Trinajstić information content (AvgIpc) is 0.741. The number of aliphatic carboxylic acids is 4. The molecule has 0 aliphatic carbocycles. The topological polar surface area (TPSA) is 959 Å². The number of aliphatic hydroxyl groups is 26. The van der Waals surface area contributed by atoms with Gasteiger partial charge in [0.2, 0.25) is 29.5 Å². The number of aliphatic hydroxyl groups excluding tert-OH is 26. The van der Waals surface area contributed by atoms with E-state index >= 15 is 0 Å². The third-order valence-corrected chi connectivity index (χ3v) is 22.7. The summed E-state index contributed by atoms with van der Waals surface area (Å²) in [7, 11) is 0. The van der Waals surface area contributed by atoms with Gasteiger partial charge in [-0.15, -0.1) is 0 Å². The molecule has 8 rings (SSSR count). The number of carbonyl (C=O) groups excluding carboxylic acids is 5. The number of rotatable bonds is 40. The zero-order chi connectivity index (χ0) is 96.6. The first-order valence-electron chi connectivity index (χ1n) is 39.8. The summed E-state index contributed by atoms with van der Waals surface area (Å²) in [5.41, 5.74) is 0. The molecule has 0 unspecified atom stereocenters. The van der Waals surface area contributed by atoms with Crippen LogP contribution in [0.4, 0.5) is 0 Å². The quantitative estimate of drug-likeness (QED) is 0.0271. The second-order valence-electron chi connectivity index (χ2n) is 31.8. The van der Waals surface area contributed by atoms with Gasteiger partial charge in [-0.2, -0.15) is 0 Å². The highest BCUT2D eigenvalue weighted by atomic mass is 16.8. The number of ether oxygens (including phenoxy) is 15. The summed E-state index contributed by atoms with van der Waals surface area (Å²) in [6.07, 6.45) is -95.0. The molecule has 59 nitrogen and oxygen atoms in total. The molecule has 0 saturated carbocycles. The first-order chi connectivity index (χ1) is 60.4. The number of carboxylic acids is 4. The van der Waals surface area contributed by atoms with Gasteiger partial charge in [-0.1, -0.05) is 0 Å². The van der Waals surface area contributed by atoms with Gasteiger partial charge in [-0.05, 0) is 0 Å². The van der Waals surface area contributed by atoms with Crippen LogP contribution in [0.2, 0.25) is 0 Å². The van der Waals surface area contributed by atoms with E-state index in [1.54, 1.807) is 0 Å². The molecule has 0 spiro atoms. The fraction of sp³-hybridized carbons (Fsp3) is 0.871. The molecule has 8 saturated heterocycles. The molecular formula is C70H113N5O54. The third kappa shape index (κ3) is 23.8. The van der Waals surface area contributed by atoms with Gasteiger partial charge in [0.25, 0.3) is 23.1 Å². The van der Waals surface area contributed by atoms with Crippen LogP contribution < -0.4 is 26.6 Å². The minimum Gasteiger partial charge on any atom is -0.477 e. The summed E-state index contributed by atoms with van der Waals surface area (Å²) in [5.74, 6) is -29.8. The summed E-state index contributed by atoms with van der Waals surface area (Å²) in [5, 5.41) is 346. The number of hydrogen-bond acceptors (Lipinski definition) is 50. The van der Waals surface area contributed by atoms with Crippen molar-refractivity contribution < 1.29 is 267 Å². The normalized spacial score (nSPS) is 42.3. The van der Waals surface area contributed by atoms with Crippen molar-refractivity contribution >= 4 is 53.4 Å². The Morgan fingerprint density at radius 2 is 0.690 bits per heavy atom. The number of nitrogens with one attached hydrogen (secondary N) is 5. The van der Waals surface area contributed by atoms with Crippen molar-refractivity contribution in [3.05, 3.63) is 0 Å². The van der Waals surface area contributed by atoms with E-state index in [-0.39, 0.29) is 0 Å². The summed E-state index contributed by atoms with van der Waals surface area (Å²) in [4.78, 5) is 120. The molecule has 0 aromatic rings. The summed E-state index contributed by atoms with van der Waals surface area (Å²) in [6, 6.07) is -10.7. The Kier molecular flexibility index (Phi) is 37.9. The molecular weight excluding hydrogens is 1770 g/mol. The van der Waals surface area contributed by atoms with E-state index in [2.05, 4.69) is 21.3 Å². The van der Waals surface area contributed by atoms with E-state index < -0.39 is 406 Å². The maximum Gasteiger partial charge on any atom is 0.364 e. The maximum absolute atomic E-state index is 14.5. The fourth-order valence-corrected chi connectivity index (χ4v) is 16.2. The van der Waals surface area contributed by atoms with Crippen LogP contribution in [0.3, 0.4) is 0 Å². The largest absolute Gasteiger partial charge is 0.477 e. The molecule has 8 aliphatic rings. The van der Waals surface area contributed by atoms with Crippen LogP contribution in [0, 0.1) is 0 Å². The lowest BCUT2D eigenvalue weighted by molar-refractivity contribution is -0.406. The summed E-state index contributed by atoms with van der Waals surface area (Å²) < 4.78 is 88.4. The molecule has 8 heterocycles. The highest BCUT2D eigenvalue weighted by Crippen LogP contribution is 2.45. The molecule has 0 bridgehead atoms. The number of hydrogen-bond donors (Lipinski definition) is 35. The van der Waals surface area contributed by atoms with E-state index in [9.17, 15) is 196 Å². The maximum atomic E-state index is 14.5. The average molecular weight is 1890 g/mol. The predicted octanol–water partition coefficient (Wildman–Crippen LogP) is -21.9. The van der Waals surface area contributed by atoms with Crippen molar-refractivity contribution in [3.8, 4) is 0 Å². The standard InChI is InChI=1S/C70H113N5O54/c1-18(84)71-35-23(89)6-68(64(109)110,125-53(35)40(96)26(92)9-76)123-30(13-80)44(100)56-37(73-20(3)86)25(91)8-70(127-56,66(113)114)129-58-49(105)62(120-50-31(14-81)116-59(106)47(103)46(50)102)118-32(15-82)51(58)121-60-39(74-21(4)87)52(45(101)33(119-60)17-115-67(63(107)108)5-22(88)38(75-34(95)16-83)55(124-67)42(98)28(94)11-78)122-61-48(104)57(43(99)29(12-79)117-61)128-69(65(111)112)7-24(90)36(72-19(2)85)54(126-69)41(97)27(93)10-77/h22-33,35-62,76-83,88-94,96-106H,5-17H2,1-4H3,(H,71,84)(H,72,85)(H,73,86)(H,74,87)(H,75,95)(H,107,108)(H,109,110)(H,111,112)(H,113,114)/t22-,23-,24-,25-,26+,27+,28+,29+,30+,31+,32+,33+,35+,36+,37+,38+,39+,40+,41+,42+,43-,44+,45-,46+,47+,48+,49+,50+,51-,52+,53+,54+,55+,56+,57-,58+,59+,60-,61-,62-,67+,68+,69-,70-/m0/s1. The zero-order valence-corrected chi connectivity index (χ0v) is 68.5. The minimum absolute atomic E-state index is 0.692. The van der Waals surface area contributed by atoms with Crippen molar-refractivity contribution in [2.45, 2.75) is 321 Å². The molecule has 8 aliphatic heterocycles. The van der Waals surface area contributed by atoms with Gasteiger partial charge in [-0.3, -0.25) is 24.0 Å². The van der Waals surface area contributed by atoms with Crippen molar-refractivity contribution in [1.29, 1.82) is 0 Å². The van der Waals surface area contributed by atoms with E-state index in [1.807, 2.05) is 5.32 Å². The Morgan fingerprint density at radius 1 is 0.349 bits per heavy atom. The van der Waals surface area contributed by atoms with Crippen molar-refractivity contribution in [2.75, 3.05) is 59.5 Å². The second kappa shape index (κ2) is 45.3. The molecule has 129 heavy (non-hydrogen) atoms. The highest BCUT2D eigenvalue weighted by molar-refractivity contribution is 5.80. The molecule has 35 N–H and O–H groups in total. The Morgan fingerprint density at radius 3 is 1.10 bits per heavy atom. The lowest BCUT2D eigenvalue weighted by atomic mass is 9.87. The SMILES string of the molecule is CC(=O)N[C@H]1[C@H](O[C@@H]2[C@H](O[C@]3(C(=O)O)C[C@H](O)[C@@H](NC(C)=O)[C@H]([C@H](O)[C@@H](CO)O[C@]4(C(=O)O)C[C@H](O)[C@@H](NC(C)=O)[C@H]([C@H](O)[C@H](O)CO)O4)O3)[C@@H](O)[C@H](O[C@H]3[C@H](O)[C@@H](O)[C@H](O)O[C@@H]3CO)O[C@@H]2CO)O[C@H](CO[C@]2(C(=O)O)C[C@H](O)[C@@H](NC(=O)CO)[C@H]([C@H](O)[C@H](O)CO)O2)[C@H](O)[C@@H]1O[C@@H]1O[C@H](CO)[C@H](O)[C@H](O[C@]2(C(=O)O)C[C@H](O)[C@@H](NC(C)=O)[C@H]([C@H](O)[C@H](O)CO)O2)[C@H]1O. The highest BCUT2D eigenvalue weighted by Gasteiger charge is 2.67. The van der Waals surface area contributed by atoms with Crippen molar-refractivity contribution in [1.82, 2.24) is 26.6 Å². The lowest BCUT2D eigenvalue weighted by Gasteiger charge is -2.53. The predicted molar refractivity (Wildman–Crippen MR) is 393 cm³/mol. The Balaban J connectivity index is 1.31. The molecule has 5 amide bonds. The van der Waals surface area contributed by atoms with Crippen LogP contribution in [0.15, 0.2) is 0 Å². The van der Waals surface area contributed by atoms with Gasteiger partial charge < -0.3 is 251 Å². The third-order valence-electron chi connectivity index (χ3n) is 22.7. The van der Waals surface area contributed by atoms with Gasteiger partial charge in [0, 0.05) is 53.4 Å². The Hall–Kier alpha value is -6.41. The molecule has 59 heteroatoms. The van der Waals surface area contributed by atoms with Crippen LogP contribution in [0.5, 0.6) is 0 Å². The van der Waals surface area contributed by atoms with Crippen LogP contribution in [0.1, 0.15) is 53.4 Å². The van der Waals surface area contributed by atoms with E-state index in [4.69, 9.17) is 71.1 Å². The molecule has 8 fully saturated rings. The molecule has 0 aromatic carbocycles. The van der Waals surface area contributed by atoms with Gasteiger partial charge in [0.1, 0.15) is 177 Å². The van der Waals surface area contributed by atoms with Crippen molar-refractivity contribution in [2.24, 2.45) is 0 Å². The smallest absolute Gasteiger partial charge is 0.364 e. The minimum atomic E-state index is -3.94. The number of amides is 5. The summed E-state index contributed by atoms with van der Waals surface area (Å²) >= 11 is 0. The van der Waals surface area contributed by atoms with Crippen LogP contribution >= 0.6 is 0 Å². The van der Waals surface area contributed by atoms with Gasteiger partial charge >= 0.3 is 23.9 Å². The Bertz CT molecular complexity index is 3740. The molecule has 44 atom stereocenters. The first-order valence-corrected chi connectivity index (χ1v) is 39.8. The van der Waals surface area contributed by atoms with Gasteiger partial charge in [-0.25, -0.2) is 19.2 Å². The summed E-state index contributed by atoms with van der Waals surface area (Å²) in [6.45, 7) is -9.87. The number of carboxylic acid groups (broad SMARTS) is 4. The van der Waals surface area contributed by atoms with E-state index in [1.165, 1.54) is 0 Å². The number of carbonyl (C=O) groups is 9. The van der Waals surface area contributed by atoms with Crippen LogP contribution in [-0.4, -0.2) is 534 Å². The van der Waals surface area contributed by atoms with Crippen molar-refractivity contribution in [3.63, 3.8) is 0 Å².